The Balaban J connectivity index is 0.987. The van der Waals surface area contributed by atoms with Crippen LogP contribution in [0.15, 0.2) is 229 Å². The summed E-state index contributed by atoms with van der Waals surface area (Å²) in [6.07, 6.45) is 0. The number of para-hydroxylation sites is 3. The highest BCUT2D eigenvalue weighted by molar-refractivity contribution is 7.25. The second-order valence-electron chi connectivity index (χ2n) is 15.6. The Kier molecular flexibility index (Phi) is 8.39. The average molecular weight is 796 g/mol. The summed E-state index contributed by atoms with van der Waals surface area (Å²) in [5, 5.41) is 7.34. The van der Waals surface area contributed by atoms with E-state index in [0.29, 0.717) is 0 Å². The van der Waals surface area contributed by atoms with E-state index in [1.165, 1.54) is 64.3 Å². The van der Waals surface area contributed by atoms with Gasteiger partial charge in [0, 0.05) is 53.4 Å². The third kappa shape index (κ3) is 6.09. The molecule has 2 nitrogen and oxygen atoms in total. The SMILES string of the molecule is c1ccc(-c2ccc3ccccc3c2)c(-c2ccc(N(c3ccc(-c4cccc5c4oc4ccccc45)cc3)c3ccccc3-c3ccc4sc5ccccc5c4c3)cc2)c1. The van der Waals surface area contributed by atoms with E-state index in [1.54, 1.807) is 0 Å². The van der Waals surface area contributed by atoms with Crippen molar-refractivity contribution < 1.29 is 4.42 Å². The van der Waals surface area contributed by atoms with Crippen molar-refractivity contribution >= 4 is 81.3 Å². The van der Waals surface area contributed by atoms with Crippen LogP contribution in [0.5, 0.6) is 0 Å². The molecule has 0 radical (unpaired) electrons. The first kappa shape index (κ1) is 35.2. The second kappa shape index (κ2) is 14.5. The van der Waals surface area contributed by atoms with Crippen LogP contribution in [0, 0.1) is 0 Å². The quantitative estimate of drug-likeness (QED) is 0.160. The van der Waals surface area contributed by atoms with E-state index in [4.69, 9.17) is 4.42 Å². The van der Waals surface area contributed by atoms with Gasteiger partial charge in [0.1, 0.15) is 11.2 Å². The van der Waals surface area contributed by atoms with Gasteiger partial charge in [-0.2, -0.15) is 0 Å². The molecule has 0 fully saturated rings. The van der Waals surface area contributed by atoms with Crippen molar-refractivity contribution in [1.29, 1.82) is 0 Å². The lowest BCUT2D eigenvalue weighted by Crippen LogP contribution is -2.11. The highest BCUT2D eigenvalue weighted by Crippen LogP contribution is 2.45. The van der Waals surface area contributed by atoms with Crippen LogP contribution in [0.25, 0.3) is 97.4 Å². The third-order valence-corrected chi connectivity index (χ3v) is 13.2. The minimum absolute atomic E-state index is 0.904. The number of fused-ring (bicyclic) bond motifs is 7. The fourth-order valence-electron chi connectivity index (χ4n) is 9.13. The molecule has 0 aliphatic carbocycles. The Morgan fingerprint density at radius 1 is 0.328 bits per heavy atom. The lowest BCUT2D eigenvalue weighted by molar-refractivity contribution is 0.670. The molecule has 10 aromatic carbocycles. The first-order valence-corrected chi connectivity index (χ1v) is 21.6. The monoisotopic (exact) mass is 795 g/mol. The maximum atomic E-state index is 6.46. The van der Waals surface area contributed by atoms with Crippen molar-refractivity contribution in [2.24, 2.45) is 0 Å². The number of hydrogen-bond acceptors (Lipinski definition) is 3. The number of rotatable bonds is 7. The highest BCUT2D eigenvalue weighted by Gasteiger charge is 2.20. The Bertz CT molecular complexity index is 3590. The van der Waals surface area contributed by atoms with E-state index in [0.717, 1.165) is 50.1 Å². The first-order chi connectivity index (χ1) is 30.2. The van der Waals surface area contributed by atoms with Gasteiger partial charge in [0.25, 0.3) is 0 Å². The maximum Gasteiger partial charge on any atom is 0.143 e. The number of hydrogen-bond donors (Lipinski definition) is 0. The Labute approximate surface area is 357 Å². The summed E-state index contributed by atoms with van der Waals surface area (Å²) < 4.78 is 9.07. The van der Waals surface area contributed by atoms with Crippen LogP contribution in [0.1, 0.15) is 0 Å². The normalized spacial score (nSPS) is 11.6. The standard InChI is InChI=1S/C58H37NOS/c1-2-13-41-36-42(25-24-38(41)12-1)47-15-4-3-14-46(47)39-26-31-44(32-27-39)59(45-33-28-40(29-34-45)49-19-11-20-52-50-17-6-9-22-55(50)60-58(49)52)54-21-8-5-16-48(54)43-30-35-57-53(37-43)51-18-7-10-23-56(51)61-57/h1-37H. The van der Waals surface area contributed by atoms with Gasteiger partial charge in [0.2, 0.25) is 0 Å². The number of thiophene rings is 1. The van der Waals surface area contributed by atoms with E-state index >= 15 is 0 Å². The van der Waals surface area contributed by atoms with E-state index in [1.807, 2.05) is 23.5 Å². The fourth-order valence-corrected chi connectivity index (χ4v) is 10.2. The van der Waals surface area contributed by atoms with Crippen LogP contribution >= 0.6 is 11.3 Å². The zero-order chi connectivity index (χ0) is 40.3. The van der Waals surface area contributed by atoms with Crippen molar-refractivity contribution in [3.63, 3.8) is 0 Å². The molecule has 2 aromatic heterocycles. The van der Waals surface area contributed by atoms with E-state index in [9.17, 15) is 0 Å². The summed E-state index contributed by atoms with van der Waals surface area (Å²) in [5.41, 5.74) is 14.4. The molecular formula is C58H37NOS. The van der Waals surface area contributed by atoms with Gasteiger partial charge in [-0.25, -0.2) is 0 Å². The lowest BCUT2D eigenvalue weighted by atomic mass is 9.93. The van der Waals surface area contributed by atoms with Crippen molar-refractivity contribution in [3.8, 4) is 44.5 Å². The number of benzene rings is 10. The van der Waals surface area contributed by atoms with Crippen molar-refractivity contribution in [1.82, 2.24) is 0 Å². The summed E-state index contributed by atoms with van der Waals surface area (Å²) in [4.78, 5) is 2.40. The van der Waals surface area contributed by atoms with Crippen LogP contribution in [-0.2, 0) is 0 Å². The van der Waals surface area contributed by atoms with E-state index in [2.05, 4.69) is 217 Å². The number of furan rings is 1. The molecule has 0 saturated carbocycles. The zero-order valence-corrected chi connectivity index (χ0v) is 33.9. The topological polar surface area (TPSA) is 16.4 Å². The van der Waals surface area contributed by atoms with Crippen LogP contribution in [-0.4, -0.2) is 0 Å². The molecule has 0 unspecified atom stereocenters. The van der Waals surface area contributed by atoms with Gasteiger partial charge in [-0.1, -0.05) is 164 Å². The minimum atomic E-state index is 0.904. The summed E-state index contributed by atoms with van der Waals surface area (Å²) in [7, 11) is 0. The molecule has 0 amide bonds. The van der Waals surface area contributed by atoms with Gasteiger partial charge < -0.3 is 9.32 Å². The highest BCUT2D eigenvalue weighted by atomic mass is 32.1. The maximum absolute atomic E-state index is 6.46. The molecule has 0 bridgehead atoms. The summed E-state index contributed by atoms with van der Waals surface area (Å²) in [5.74, 6) is 0. The Hall–Kier alpha value is -7.72. The average Bonchev–Trinajstić information content (AvgIpc) is 3.91. The van der Waals surface area contributed by atoms with Crippen LogP contribution in [0.4, 0.5) is 17.1 Å². The molecule has 2 heterocycles. The summed E-state index contributed by atoms with van der Waals surface area (Å²) in [6, 6.07) is 81.2. The van der Waals surface area contributed by atoms with Crippen LogP contribution in [0.2, 0.25) is 0 Å². The van der Waals surface area contributed by atoms with Crippen molar-refractivity contribution in [3.05, 3.63) is 224 Å². The molecule has 0 aliphatic heterocycles. The smallest absolute Gasteiger partial charge is 0.143 e. The molecule has 0 N–H and O–H groups in total. The molecule has 12 rings (SSSR count). The number of anilines is 3. The molecule has 0 aliphatic rings. The van der Waals surface area contributed by atoms with E-state index in [-0.39, 0.29) is 0 Å². The third-order valence-electron chi connectivity index (χ3n) is 12.1. The predicted octanol–water partition coefficient (Wildman–Crippen LogP) is 17.2. The van der Waals surface area contributed by atoms with Gasteiger partial charge in [0.05, 0.1) is 5.69 Å². The molecule has 61 heavy (non-hydrogen) atoms. The Morgan fingerprint density at radius 2 is 0.869 bits per heavy atom. The van der Waals surface area contributed by atoms with Crippen LogP contribution in [0.3, 0.4) is 0 Å². The molecule has 0 spiro atoms. The predicted molar refractivity (Wildman–Crippen MR) is 261 cm³/mol. The van der Waals surface area contributed by atoms with E-state index < -0.39 is 0 Å². The zero-order valence-electron chi connectivity index (χ0n) is 33.1. The molecule has 286 valence electrons. The minimum Gasteiger partial charge on any atom is -0.455 e. The molecule has 12 aromatic rings. The van der Waals surface area contributed by atoms with Gasteiger partial charge in [0.15, 0.2) is 0 Å². The number of nitrogens with zero attached hydrogens (tertiary/aromatic N) is 1. The fraction of sp³-hybridized carbons (Fsp3) is 0. The van der Waals surface area contributed by atoms with Gasteiger partial charge in [-0.05, 0) is 105 Å². The lowest BCUT2D eigenvalue weighted by Gasteiger charge is -2.28. The van der Waals surface area contributed by atoms with Crippen molar-refractivity contribution in [2.45, 2.75) is 0 Å². The summed E-state index contributed by atoms with van der Waals surface area (Å²) >= 11 is 1.85. The van der Waals surface area contributed by atoms with Gasteiger partial charge in [-0.15, -0.1) is 11.3 Å². The van der Waals surface area contributed by atoms with Crippen molar-refractivity contribution in [2.75, 3.05) is 4.90 Å². The Morgan fingerprint density at radius 3 is 1.67 bits per heavy atom. The van der Waals surface area contributed by atoms with Gasteiger partial charge in [-0.3, -0.25) is 0 Å². The van der Waals surface area contributed by atoms with Gasteiger partial charge >= 0.3 is 0 Å². The molecule has 3 heteroatoms. The van der Waals surface area contributed by atoms with Crippen LogP contribution < -0.4 is 4.90 Å². The second-order valence-corrected chi connectivity index (χ2v) is 16.7. The molecule has 0 saturated heterocycles. The molecule has 0 atom stereocenters. The molecular weight excluding hydrogens is 759 g/mol. The summed E-state index contributed by atoms with van der Waals surface area (Å²) in [6.45, 7) is 0. The first-order valence-electron chi connectivity index (χ1n) is 20.7. The largest absolute Gasteiger partial charge is 0.455 e.